The number of rotatable bonds is 2. The van der Waals surface area contributed by atoms with Gasteiger partial charge in [-0.1, -0.05) is 6.42 Å². The van der Waals surface area contributed by atoms with Crippen LogP contribution in [0.1, 0.15) is 49.5 Å². The second-order valence-electron chi connectivity index (χ2n) is 5.64. The van der Waals surface area contributed by atoms with Crippen LogP contribution in [0.5, 0.6) is 0 Å². The van der Waals surface area contributed by atoms with E-state index in [1.807, 2.05) is 13.1 Å². The smallest absolute Gasteiger partial charge is 0.125 e. The first-order valence-electron chi connectivity index (χ1n) is 7.08. The van der Waals surface area contributed by atoms with E-state index >= 15 is 0 Å². The van der Waals surface area contributed by atoms with Crippen LogP contribution in [0.2, 0.25) is 0 Å². The fourth-order valence-corrected chi connectivity index (χ4v) is 2.85. The first-order valence-corrected chi connectivity index (χ1v) is 7.08. The minimum atomic E-state index is 0.375. The third kappa shape index (κ3) is 2.21. The molecule has 98 valence electrons. The fraction of sp³-hybridized carbons (Fsp3) is 0.714. The largest absolute Gasteiger partial charge is 0.369 e. The van der Waals surface area contributed by atoms with Gasteiger partial charge in [-0.2, -0.15) is 0 Å². The summed E-state index contributed by atoms with van der Waals surface area (Å²) in [6.07, 6.45) is 8.11. The number of hydrogen-bond acceptors (Lipinski definition) is 4. The highest BCUT2D eigenvalue weighted by Crippen LogP contribution is 2.40. The van der Waals surface area contributed by atoms with Crippen molar-refractivity contribution in [1.82, 2.24) is 9.97 Å². The highest BCUT2D eigenvalue weighted by atomic mass is 15.2. The van der Waals surface area contributed by atoms with Crippen LogP contribution in [-0.4, -0.2) is 29.1 Å². The third-order valence-electron chi connectivity index (χ3n) is 4.29. The van der Waals surface area contributed by atoms with E-state index in [1.165, 1.54) is 30.6 Å². The zero-order valence-corrected chi connectivity index (χ0v) is 11.1. The first kappa shape index (κ1) is 11.9. The second-order valence-corrected chi connectivity index (χ2v) is 5.64. The van der Waals surface area contributed by atoms with Crippen LogP contribution < -0.4 is 10.6 Å². The average molecular weight is 246 g/mol. The van der Waals surface area contributed by atoms with E-state index in [0.29, 0.717) is 12.0 Å². The van der Waals surface area contributed by atoms with Crippen LogP contribution >= 0.6 is 0 Å². The van der Waals surface area contributed by atoms with Gasteiger partial charge in [-0.15, -0.1) is 0 Å². The Bertz CT molecular complexity index is 420. The molecule has 0 atom stereocenters. The molecule has 1 aromatic rings. The molecular formula is C14H22N4. The van der Waals surface area contributed by atoms with Gasteiger partial charge in [0.05, 0.1) is 17.6 Å². The Morgan fingerprint density at radius 2 is 1.94 bits per heavy atom. The van der Waals surface area contributed by atoms with E-state index in [4.69, 9.17) is 10.7 Å². The molecule has 0 spiro atoms. The molecule has 0 amide bonds. The molecule has 0 unspecified atom stereocenters. The van der Waals surface area contributed by atoms with Crippen molar-refractivity contribution in [1.29, 1.82) is 0 Å². The minimum Gasteiger partial charge on any atom is -0.369 e. The van der Waals surface area contributed by atoms with E-state index in [0.717, 1.165) is 31.8 Å². The normalized spacial score (nSPS) is 22.0. The molecule has 2 heterocycles. The van der Waals surface area contributed by atoms with Crippen LogP contribution in [-0.2, 0) is 0 Å². The maximum atomic E-state index is 5.98. The number of aryl methyl sites for hydroxylation is 1. The van der Waals surface area contributed by atoms with Gasteiger partial charge in [0, 0.05) is 25.0 Å². The summed E-state index contributed by atoms with van der Waals surface area (Å²) in [5.41, 5.74) is 8.52. The average Bonchev–Trinajstić information content (AvgIpc) is 2.29. The van der Waals surface area contributed by atoms with Crippen LogP contribution in [0.3, 0.4) is 0 Å². The summed E-state index contributed by atoms with van der Waals surface area (Å²) in [4.78, 5) is 11.5. The number of piperidine rings is 1. The van der Waals surface area contributed by atoms with E-state index in [2.05, 4.69) is 9.88 Å². The van der Waals surface area contributed by atoms with Gasteiger partial charge in [0.25, 0.3) is 0 Å². The van der Waals surface area contributed by atoms with Crippen molar-refractivity contribution in [2.24, 2.45) is 5.73 Å². The van der Waals surface area contributed by atoms with Gasteiger partial charge in [0.2, 0.25) is 0 Å². The summed E-state index contributed by atoms with van der Waals surface area (Å²) in [6.45, 7) is 4.08. The molecule has 3 rings (SSSR count). The molecule has 1 saturated heterocycles. The lowest BCUT2D eigenvalue weighted by Crippen LogP contribution is -2.40. The zero-order valence-electron chi connectivity index (χ0n) is 11.1. The van der Waals surface area contributed by atoms with Gasteiger partial charge in [0.15, 0.2) is 0 Å². The summed E-state index contributed by atoms with van der Waals surface area (Å²) in [5.74, 6) is 1.56. The third-order valence-corrected chi connectivity index (χ3v) is 4.29. The molecule has 2 N–H and O–H groups in total. The summed E-state index contributed by atoms with van der Waals surface area (Å²) < 4.78 is 0. The Morgan fingerprint density at radius 1 is 1.22 bits per heavy atom. The van der Waals surface area contributed by atoms with Crippen LogP contribution in [0, 0.1) is 6.92 Å². The Morgan fingerprint density at radius 3 is 2.56 bits per heavy atom. The van der Waals surface area contributed by atoms with Crippen molar-refractivity contribution in [3.8, 4) is 0 Å². The zero-order chi connectivity index (χ0) is 12.5. The Hall–Kier alpha value is -1.16. The van der Waals surface area contributed by atoms with E-state index in [1.54, 1.807) is 0 Å². The Balaban J connectivity index is 1.85. The van der Waals surface area contributed by atoms with Gasteiger partial charge >= 0.3 is 0 Å². The van der Waals surface area contributed by atoms with Crippen LogP contribution in [0.15, 0.2) is 6.20 Å². The molecule has 4 heteroatoms. The maximum Gasteiger partial charge on any atom is 0.125 e. The number of nitrogens with zero attached hydrogens (tertiary/aromatic N) is 3. The van der Waals surface area contributed by atoms with Gasteiger partial charge in [0.1, 0.15) is 5.82 Å². The summed E-state index contributed by atoms with van der Waals surface area (Å²) >= 11 is 0. The molecule has 1 aliphatic heterocycles. The lowest BCUT2D eigenvalue weighted by molar-refractivity contribution is 0.407. The lowest BCUT2D eigenvalue weighted by atomic mass is 9.82. The summed E-state index contributed by atoms with van der Waals surface area (Å²) in [5, 5.41) is 0. The number of hydrogen-bond donors (Lipinski definition) is 1. The van der Waals surface area contributed by atoms with E-state index < -0.39 is 0 Å². The molecule has 2 fully saturated rings. The molecule has 1 aromatic heterocycles. The molecule has 1 saturated carbocycles. The predicted octanol–water partition coefficient (Wildman–Crippen LogP) is 1.98. The van der Waals surface area contributed by atoms with Crippen molar-refractivity contribution in [3.05, 3.63) is 17.7 Å². The number of nitrogens with two attached hydrogens (primary N) is 1. The SMILES string of the molecule is Cc1ncc(N2CCC(N)CC2)c(C2CCC2)n1. The van der Waals surface area contributed by atoms with E-state index in [-0.39, 0.29) is 0 Å². The molecule has 0 radical (unpaired) electrons. The van der Waals surface area contributed by atoms with Crippen molar-refractivity contribution >= 4 is 5.69 Å². The van der Waals surface area contributed by atoms with Crippen LogP contribution in [0.4, 0.5) is 5.69 Å². The maximum absolute atomic E-state index is 5.98. The van der Waals surface area contributed by atoms with Gasteiger partial charge in [-0.3, -0.25) is 0 Å². The van der Waals surface area contributed by atoms with Crippen molar-refractivity contribution in [2.75, 3.05) is 18.0 Å². The number of anilines is 1. The highest BCUT2D eigenvalue weighted by Gasteiger charge is 2.27. The molecule has 4 nitrogen and oxygen atoms in total. The quantitative estimate of drug-likeness (QED) is 0.867. The van der Waals surface area contributed by atoms with Crippen LogP contribution in [0.25, 0.3) is 0 Å². The number of aromatic nitrogens is 2. The Kier molecular flexibility index (Phi) is 3.20. The van der Waals surface area contributed by atoms with Gasteiger partial charge in [-0.25, -0.2) is 9.97 Å². The Labute approximate surface area is 109 Å². The monoisotopic (exact) mass is 246 g/mol. The molecule has 2 aliphatic rings. The fourth-order valence-electron chi connectivity index (χ4n) is 2.85. The van der Waals surface area contributed by atoms with Crippen molar-refractivity contribution in [3.63, 3.8) is 0 Å². The second kappa shape index (κ2) is 4.84. The topological polar surface area (TPSA) is 55.0 Å². The predicted molar refractivity (Wildman–Crippen MR) is 72.8 cm³/mol. The molecule has 18 heavy (non-hydrogen) atoms. The molecule has 0 bridgehead atoms. The van der Waals surface area contributed by atoms with Gasteiger partial charge in [-0.05, 0) is 32.6 Å². The van der Waals surface area contributed by atoms with Crippen molar-refractivity contribution in [2.45, 2.75) is 51.0 Å². The molecule has 0 aromatic carbocycles. The minimum absolute atomic E-state index is 0.375. The van der Waals surface area contributed by atoms with Gasteiger partial charge < -0.3 is 10.6 Å². The molecular weight excluding hydrogens is 224 g/mol. The summed E-state index contributed by atoms with van der Waals surface area (Å²) in [6, 6.07) is 0.375. The van der Waals surface area contributed by atoms with Crippen molar-refractivity contribution < 1.29 is 0 Å². The highest BCUT2D eigenvalue weighted by molar-refractivity contribution is 5.51. The molecule has 1 aliphatic carbocycles. The lowest BCUT2D eigenvalue weighted by Gasteiger charge is -2.35. The first-order chi connectivity index (χ1) is 8.74. The standard InChI is InChI=1S/C14H22N4/c1-10-16-9-13(14(17-10)11-3-2-4-11)18-7-5-12(15)6-8-18/h9,11-12H,2-8,15H2,1H3. The summed E-state index contributed by atoms with van der Waals surface area (Å²) in [7, 11) is 0. The van der Waals surface area contributed by atoms with E-state index in [9.17, 15) is 0 Å².